The van der Waals surface area contributed by atoms with Crippen molar-refractivity contribution >= 4 is 11.7 Å². The van der Waals surface area contributed by atoms with Crippen LogP contribution < -0.4 is 5.32 Å². The number of aromatic amines is 1. The van der Waals surface area contributed by atoms with Crippen molar-refractivity contribution in [3.8, 4) is 0 Å². The lowest BCUT2D eigenvalue weighted by atomic mass is 9.83. The highest BCUT2D eigenvalue weighted by molar-refractivity contribution is 6.02. The Bertz CT molecular complexity index is 534. The van der Waals surface area contributed by atoms with Crippen molar-refractivity contribution < 1.29 is 14.7 Å². The summed E-state index contributed by atoms with van der Waals surface area (Å²) in [4.78, 5) is 27.3. The van der Waals surface area contributed by atoms with E-state index in [0.29, 0.717) is 24.2 Å². The minimum absolute atomic E-state index is 0.0310. The number of aliphatic hydroxyl groups is 1. The minimum Gasteiger partial charge on any atom is -0.396 e. The molecule has 1 aromatic heterocycles. The normalized spacial score (nSPS) is 11.5. The van der Waals surface area contributed by atoms with Gasteiger partial charge < -0.3 is 15.4 Å². The van der Waals surface area contributed by atoms with E-state index < -0.39 is 0 Å². The molecule has 1 heterocycles. The first kappa shape index (κ1) is 18.4. The van der Waals surface area contributed by atoms with Crippen LogP contribution in [0.3, 0.4) is 0 Å². The van der Waals surface area contributed by atoms with Gasteiger partial charge in [0.2, 0.25) is 0 Å². The van der Waals surface area contributed by atoms with Crippen LogP contribution in [0.25, 0.3) is 0 Å². The van der Waals surface area contributed by atoms with E-state index in [0.717, 1.165) is 24.1 Å². The summed E-state index contributed by atoms with van der Waals surface area (Å²) in [7, 11) is 0. The fourth-order valence-corrected chi connectivity index (χ4v) is 2.84. The first-order valence-corrected chi connectivity index (χ1v) is 7.97. The molecule has 1 rings (SSSR count). The Balaban J connectivity index is 3.00. The summed E-state index contributed by atoms with van der Waals surface area (Å²) in [5.74, 6) is -0.247. The molecule has 0 bridgehead atoms. The first-order chi connectivity index (χ1) is 10.4. The second-order valence-electron chi connectivity index (χ2n) is 5.94. The van der Waals surface area contributed by atoms with Crippen molar-refractivity contribution in [2.45, 2.75) is 53.9 Å². The number of H-pyrrole nitrogens is 1. The lowest BCUT2D eigenvalue weighted by Crippen LogP contribution is -2.39. The van der Waals surface area contributed by atoms with Crippen LogP contribution in [0.2, 0.25) is 0 Å². The standard InChI is InChI=1S/C17H28N2O3/c1-6-13-14(12(5)21)11(4)19-15(13)16(22)18-9-17(7-2,8-3)10-20/h19-20H,6-10H2,1-5H3,(H,18,22). The van der Waals surface area contributed by atoms with E-state index in [4.69, 9.17) is 0 Å². The summed E-state index contributed by atoms with van der Waals surface area (Å²) in [6.45, 7) is 9.74. The summed E-state index contributed by atoms with van der Waals surface area (Å²) >= 11 is 0. The van der Waals surface area contributed by atoms with E-state index in [1.807, 2.05) is 27.7 Å². The third-order valence-corrected chi connectivity index (χ3v) is 4.68. The molecule has 5 heteroatoms. The van der Waals surface area contributed by atoms with Crippen molar-refractivity contribution in [1.82, 2.24) is 10.3 Å². The number of amides is 1. The fraction of sp³-hybridized carbons (Fsp3) is 0.647. The van der Waals surface area contributed by atoms with Crippen LogP contribution in [0.5, 0.6) is 0 Å². The van der Waals surface area contributed by atoms with Gasteiger partial charge in [-0.1, -0.05) is 20.8 Å². The van der Waals surface area contributed by atoms with Gasteiger partial charge in [-0.2, -0.15) is 0 Å². The average molecular weight is 308 g/mol. The second kappa shape index (κ2) is 7.58. The molecule has 0 fully saturated rings. The Kier molecular flexibility index (Phi) is 6.35. The molecule has 0 atom stereocenters. The van der Waals surface area contributed by atoms with Crippen LogP contribution in [-0.2, 0) is 6.42 Å². The van der Waals surface area contributed by atoms with E-state index >= 15 is 0 Å². The molecule has 5 nitrogen and oxygen atoms in total. The van der Waals surface area contributed by atoms with E-state index in [9.17, 15) is 14.7 Å². The molecule has 0 aliphatic rings. The van der Waals surface area contributed by atoms with E-state index in [1.165, 1.54) is 6.92 Å². The number of ketones is 1. The number of aryl methyl sites for hydroxylation is 1. The summed E-state index contributed by atoms with van der Waals surface area (Å²) < 4.78 is 0. The van der Waals surface area contributed by atoms with Crippen molar-refractivity contribution in [2.75, 3.05) is 13.2 Å². The van der Waals surface area contributed by atoms with Crippen LogP contribution in [0.4, 0.5) is 0 Å². The van der Waals surface area contributed by atoms with Gasteiger partial charge in [0, 0.05) is 23.2 Å². The Morgan fingerprint density at radius 3 is 2.23 bits per heavy atom. The number of Topliss-reactive ketones (excluding diaryl/α,β-unsaturated/α-hetero) is 1. The third kappa shape index (κ3) is 3.58. The molecule has 1 aromatic rings. The number of aromatic nitrogens is 1. The quantitative estimate of drug-likeness (QED) is 0.646. The third-order valence-electron chi connectivity index (χ3n) is 4.68. The van der Waals surface area contributed by atoms with Gasteiger partial charge in [0.15, 0.2) is 5.78 Å². The van der Waals surface area contributed by atoms with Gasteiger partial charge in [0.25, 0.3) is 5.91 Å². The largest absolute Gasteiger partial charge is 0.396 e. The maximum atomic E-state index is 12.5. The molecule has 0 saturated heterocycles. The zero-order valence-corrected chi connectivity index (χ0v) is 14.3. The van der Waals surface area contributed by atoms with Crippen LogP contribution in [0.15, 0.2) is 0 Å². The van der Waals surface area contributed by atoms with Gasteiger partial charge >= 0.3 is 0 Å². The Morgan fingerprint density at radius 2 is 1.82 bits per heavy atom. The number of nitrogens with one attached hydrogen (secondary N) is 2. The topological polar surface area (TPSA) is 82.2 Å². The molecule has 1 amide bonds. The van der Waals surface area contributed by atoms with Gasteiger partial charge in [-0.05, 0) is 38.7 Å². The van der Waals surface area contributed by atoms with Crippen LogP contribution in [0.1, 0.15) is 72.6 Å². The van der Waals surface area contributed by atoms with E-state index in [2.05, 4.69) is 10.3 Å². The Labute approximate surface area is 132 Å². The van der Waals surface area contributed by atoms with Crippen LogP contribution >= 0.6 is 0 Å². The van der Waals surface area contributed by atoms with Crippen molar-refractivity contribution in [2.24, 2.45) is 5.41 Å². The Morgan fingerprint density at radius 1 is 1.23 bits per heavy atom. The number of hydrogen-bond donors (Lipinski definition) is 3. The van der Waals surface area contributed by atoms with E-state index in [-0.39, 0.29) is 23.7 Å². The highest BCUT2D eigenvalue weighted by Gasteiger charge is 2.27. The fourth-order valence-electron chi connectivity index (χ4n) is 2.84. The molecular weight excluding hydrogens is 280 g/mol. The molecule has 22 heavy (non-hydrogen) atoms. The monoisotopic (exact) mass is 308 g/mol. The average Bonchev–Trinajstić information content (AvgIpc) is 2.85. The summed E-state index contributed by atoms with van der Waals surface area (Å²) in [6.07, 6.45) is 2.21. The molecule has 0 radical (unpaired) electrons. The second-order valence-corrected chi connectivity index (χ2v) is 5.94. The van der Waals surface area contributed by atoms with Crippen molar-refractivity contribution in [3.05, 3.63) is 22.5 Å². The molecule has 0 spiro atoms. The van der Waals surface area contributed by atoms with Gasteiger partial charge in [0.05, 0.1) is 6.61 Å². The molecule has 3 N–H and O–H groups in total. The molecule has 0 unspecified atom stereocenters. The molecule has 124 valence electrons. The zero-order valence-electron chi connectivity index (χ0n) is 14.3. The lowest BCUT2D eigenvalue weighted by Gasteiger charge is -2.29. The van der Waals surface area contributed by atoms with Crippen LogP contribution in [0, 0.1) is 12.3 Å². The number of aliphatic hydroxyl groups excluding tert-OH is 1. The van der Waals surface area contributed by atoms with Gasteiger partial charge in [-0.15, -0.1) is 0 Å². The molecule has 0 aliphatic heterocycles. The summed E-state index contributed by atoms with van der Waals surface area (Å²) in [6, 6.07) is 0. The number of hydrogen-bond acceptors (Lipinski definition) is 3. The van der Waals surface area contributed by atoms with Crippen LogP contribution in [-0.4, -0.2) is 34.9 Å². The smallest absolute Gasteiger partial charge is 0.268 e. The van der Waals surface area contributed by atoms with Gasteiger partial charge in [-0.3, -0.25) is 9.59 Å². The van der Waals surface area contributed by atoms with E-state index in [1.54, 1.807) is 0 Å². The zero-order chi connectivity index (χ0) is 16.9. The first-order valence-electron chi connectivity index (χ1n) is 7.97. The minimum atomic E-state index is -0.285. The SMILES string of the molecule is CCc1c(C(=O)NCC(CC)(CC)CO)[nH]c(C)c1C(C)=O. The number of rotatable bonds is 8. The lowest BCUT2D eigenvalue weighted by molar-refractivity contribution is 0.0846. The predicted octanol–water partition coefficient (Wildman–Crippen LogP) is 2.62. The van der Waals surface area contributed by atoms with Gasteiger partial charge in [-0.25, -0.2) is 0 Å². The van der Waals surface area contributed by atoms with Crippen molar-refractivity contribution in [3.63, 3.8) is 0 Å². The number of carbonyl (C=O) groups is 2. The molecule has 0 aliphatic carbocycles. The summed E-state index contributed by atoms with van der Waals surface area (Å²) in [5, 5.41) is 12.5. The number of carbonyl (C=O) groups excluding carboxylic acids is 2. The maximum absolute atomic E-state index is 12.5. The predicted molar refractivity (Wildman–Crippen MR) is 87.3 cm³/mol. The maximum Gasteiger partial charge on any atom is 0.268 e. The van der Waals surface area contributed by atoms with Crippen molar-refractivity contribution in [1.29, 1.82) is 0 Å². The highest BCUT2D eigenvalue weighted by Crippen LogP contribution is 2.25. The van der Waals surface area contributed by atoms with Gasteiger partial charge in [0.1, 0.15) is 5.69 Å². The Hall–Kier alpha value is -1.62. The molecule has 0 aromatic carbocycles. The summed E-state index contributed by atoms with van der Waals surface area (Å²) in [5.41, 5.74) is 2.29. The molecule has 0 saturated carbocycles. The molecular formula is C17H28N2O3. The highest BCUT2D eigenvalue weighted by atomic mass is 16.3.